The van der Waals surface area contributed by atoms with Gasteiger partial charge in [-0.2, -0.15) is 4.98 Å². The number of amides is 1. The highest BCUT2D eigenvalue weighted by Crippen LogP contribution is 2.45. The summed E-state index contributed by atoms with van der Waals surface area (Å²) < 4.78 is 6.22. The molecule has 0 bridgehead atoms. The van der Waals surface area contributed by atoms with Gasteiger partial charge in [0.05, 0.1) is 24.1 Å². The van der Waals surface area contributed by atoms with Crippen LogP contribution in [-0.2, 0) is 9.53 Å². The second-order valence-electron chi connectivity index (χ2n) is 9.87. The fourth-order valence-electron chi connectivity index (χ4n) is 4.76. The zero-order chi connectivity index (χ0) is 24.9. The SMILES string of the molecule is CN1CCN(c2ccc(Nc3ncc(Br)c(NCCCN4CCOCCC4=O)n3)c(C3CC3)c2)CC1. The highest BCUT2D eigenvalue weighted by atomic mass is 79.9. The number of rotatable bonds is 9. The van der Waals surface area contributed by atoms with E-state index in [-0.39, 0.29) is 5.91 Å². The maximum absolute atomic E-state index is 12.1. The minimum atomic E-state index is 0.173. The van der Waals surface area contributed by atoms with Crippen molar-refractivity contribution in [3.05, 3.63) is 34.4 Å². The van der Waals surface area contributed by atoms with Crippen LogP contribution < -0.4 is 15.5 Å². The van der Waals surface area contributed by atoms with Crippen LogP contribution in [0.4, 0.5) is 23.1 Å². The van der Waals surface area contributed by atoms with Gasteiger partial charge in [-0.3, -0.25) is 4.79 Å². The molecule has 2 saturated heterocycles. The Balaban J connectivity index is 1.21. The van der Waals surface area contributed by atoms with Gasteiger partial charge in [0.1, 0.15) is 5.82 Å². The lowest BCUT2D eigenvalue weighted by Gasteiger charge is -2.34. The number of anilines is 4. The lowest BCUT2D eigenvalue weighted by Crippen LogP contribution is -2.44. The summed E-state index contributed by atoms with van der Waals surface area (Å²) in [6.07, 6.45) is 5.56. The van der Waals surface area contributed by atoms with Gasteiger partial charge in [0.15, 0.2) is 0 Å². The average molecular weight is 559 g/mol. The van der Waals surface area contributed by atoms with E-state index >= 15 is 0 Å². The molecular formula is C26H36BrN7O2. The molecule has 10 heteroatoms. The van der Waals surface area contributed by atoms with Crippen LogP contribution >= 0.6 is 15.9 Å². The first-order valence-electron chi connectivity index (χ1n) is 13.0. The molecule has 0 radical (unpaired) electrons. The second kappa shape index (κ2) is 11.7. The van der Waals surface area contributed by atoms with Crippen LogP contribution in [0.1, 0.15) is 37.2 Å². The molecule has 2 aromatic rings. The molecule has 0 unspecified atom stereocenters. The molecule has 1 saturated carbocycles. The second-order valence-corrected chi connectivity index (χ2v) is 10.7. The van der Waals surface area contributed by atoms with Crippen molar-refractivity contribution < 1.29 is 9.53 Å². The molecule has 3 aliphatic rings. The monoisotopic (exact) mass is 557 g/mol. The Hall–Kier alpha value is -2.43. The topological polar surface area (TPSA) is 85.9 Å². The highest BCUT2D eigenvalue weighted by molar-refractivity contribution is 9.10. The van der Waals surface area contributed by atoms with Crippen molar-refractivity contribution in [1.82, 2.24) is 19.8 Å². The lowest BCUT2D eigenvalue weighted by molar-refractivity contribution is -0.130. The van der Waals surface area contributed by atoms with Gasteiger partial charge in [-0.05, 0) is 71.9 Å². The number of aromatic nitrogens is 2. The maximum atomic E-state index is 12.1. The van der Waals surface area contributed by atoms with Crippen molar-refractivity contribution in [2.24, 2.45) is 0 Å². The number of carbonyl (C=O) groups is 1. The molecule has 0 spiro atoms. The van der Waals surface area contributed by atoms with E-state index < -0.39 is 0 Å². The Bertz CT molecular complexity index is 1060. The molecule has 1 aliphatic carbocycles. The Labute approximate surface area is 221 Å². The fourth-order valence-corrected chi connectivity index (χ4v) is 5.09. The molecule has 2 aliphatic heterocycles. The zero-order valence-electron chi connectivity index (χ0n) is 21.0. The molecule has 0 atom stereocenters. The van der Waals surface area contributed by atoms with E-state index in [4.69, 9.17) is 9.72 Å². The number of carbonyl (C=O) groups excluding carboxylic acids is 1. The number of piperazine rings is 1. The summed E-state index contributed by atoms with van der Waals surface area (Å²) in [4.78, 5) is 28.1. The van der Waals surface area contributed by atoms with Gasteiger partial charge in [-0.25, -0.2) is 4.98 Å². The van der Waals surface area contributed by atoms with Crippen molar-refractivity contribution in [3.63, 3.8) is 0 Å². The Morgan fingerprint density at radius 2 is 1.97 bits per heavy atom. The van der Waals surface area contributed by atoms with Gasteiger partial charge in [0, 0.05) is 63.4 Å². The number of nitrogens with zero attached hydrogens (tertiary/aromatic N) is 5. The molecule has 3 heterocycles. The first-order valence-corrected chi connectivity index (χ1v) is 13.8. The Kier molecular flexibility index (Phi) is 8.23. The standard InChI is InChI=1S/C26H36BrN7O2/c1-32-10-12-33(13-11-32)20-5-6-23(21(17-20)19-3-4-19)30-26-29-18-22(27)25(31-26)28-8-2-9-34-14-16-36-15-7-24(34)35/h5-6,17-19H,2-4,7-16H2,1H3,(H2,28,29,30,31). The lowest BCUT2D eigenvalue weighted by atomic mass is 10.1. The van der Waals surface area contributed by atoms with Gasteiger partial charge >= 0.3 is 0 Å². The average Bonchev–Trinajstić information content (AvgIpc) is 3.74. The largest absolute Gasteiger partial charge is 0.379 e. The number of hydrogen-bond donors (Lipinski definition) is 2. The van der Waals surface area contributed by atoms with Crippen LogP contribution in [0, 0.1) is 0 Å². The van der Waals surface area contributed by atoms with E-state index in [0.29, 0.717) is 51.1 Å². The summed E-state index contributed by atoms with van der Waals surface area (Å²) in [5.41, 5.74) is 3.76. The van der Waals surface area contributed by atoms with Gasteiger partial charge in [0.2, 0.25) is 11.9 Å². The number of likely N-dealkylation sites (N-methyl/N-ethyl adjacent to an activating group) is 1. The van der Waals surface area contributed by atoms with Crippen molar-refractivity contribution >= 4 is 45.0 Å². The summed E-state index contributed by atoms with van der Waals surface area (Å²) in [5.74, 6) is 2.11. The predicted octanol–water partition coefficient (Wildman–Crippen LogP) is 3.66. The number of nitrogens with one attached hydrogen (secondary N) is 2. The molecule has 2 N–H and O–H groups in total. The van der Waals surface area contributed by atoms with Gasteiger partial charge in [0.25, 0.3) is 0 Å². The Morgan fingerprint density at radius 1 is 1.14 bits per heavy atom. The molecule has 36 heavy (non-hydrogen) atoms. The summed E-state index contributed by atoms with van der Waals surface area (Å²) in [6, 6.07) is 6.76. The summed E-state index contributed by atoms with van der Waals surface area (Å²) >= 11 is 3.56. The van der Waals surface area contributed by atoms with E-state index in [1.807, 2.05) is 4.90 Å². The third kappa shape index (κ3) is 6.46. The summed E-state index contributed by atoms with van der Waals surface area (Å²) in [6.45, 7) is 7.58. The first-order chi connectivity index (χ1) is 17.6. The predicted molar refractivity (Wildman–Crippen MR) is 146 cm³/mol. The van der Waals surface area contributed by atoms with Gasteiger partial charge in [-0.15, -0.1) is 0 Å². The van der Waals surface area contributed by atoms with E-state index in [0.717, 1.165) is 48.6 Å². The van der Waals surface area contributed by atoms with Crippen LogP contribution in [-0.4, -0.2) is 91.7 Å². The van der Waals surface area contributed by atoms with Gasteiger partial charge < -0.3 is 30.1 Å². The molecule has 1 aromatic carbocycles. The van der Waals surface area contributed by atoms with E-state index in [1.54, 1.807) is 6.20 Å². The smallest absolute Gasteiger partial charge is 0.229 e. The summed E-state index contributed by atoms with van der Waals surface area (Å²) in [5, 5.41) is 6.87. The number of benzene rings is 1. The van der Waals surface area contributed by atoms with Crippen molar-refractivity contribution in [1.29, 1.82) is 0 Å². The third-order valence-corrected chi connectivity index (χ3v) is 7.71. The maximum Gasteiger partial charge on any atom is 0.229 e. The fraction of sp³-hybridized carbons (Fsp3) is 0.577. The van der Waals surface area contributed by atoms with Crippen LogP contribution in [0.25, 0.3) is 0 Å². The quantitative estimate of drug-likeness (QED) is 0.452. The highest BCUT2D eigenvalue weighted by Gasteiger charge is 2.28. The van der Waals surface area contributed by atoms with Crippen LogP contribution in [0.3, 0.4) is 0 Å². The van der Waals surface area contributed by atoms with Crippen LogP contribution in [0.5, 0.6) is 0 Å². The number of ether oxygens (including phenoxy) is 1. The number of halogens is 1. The normalized spacial score (nSPS) is 19.3. The van der Waals surface area contributed by atoms with E-state index in [1.165, 1.54) is 24.1 Å². The van der Waals surface area contributed by atoms with Gasteiger partial charge in [-0.1, -0.05) is 0 Å². The molecule has 1 amide bonds. The molecule has 9 nitrogen and oxygen atoms in total. The van der Waals surface area contributed by atoms with Crippen molar-refractivity contribution in [2.45, 2.75) is 31.6 Å². The minimum absolute atomic E-state index is 0.173. The Morgan fingerprint density at radius 3 is 2.78 bits per heavy atom. The zero-order valence-corrected chi connectivity index (χ0v) is 22.6. The third-order valence-electron chi connectivity index (χ3n) is 7.13. The molecule has 1 aromatic heterocycles. The molecular weight excluding hydrogens is 522 g/mol. The molecule has 3 fully saturated rings. The van der Waals surface area contributed by atoms with Crippen LogP contribution in [0.15, 0.2) is 28.9 Å². The van der Waals surface area contributed by atoms with E-state index in [2.05, 4.69) is 66.6 Å². The number of hydrogen-bond acceptors (Lipinski definition) is 8. The molecule has 5 rings (SSSR count). The van der Waals surface area contributed by atoms with Crippen molar-refractivity contribution in [3.8, 4) is 0 Å². The summed E-state index contributed by atoms with van der Waals surface area (Å²) in [7, 11) is 2.19. The van der Waals surface area contributed by atoms with Crippen LogP contribution in [0.2, 0.25) is 0 Å². The van der Waals surface area contributed by atoms with E-state index in [9.17, 15) is 4.79 Å². The minimum Gasteiger partial charge on any atom is -0.379 e. The van der Waals surface area contributed by atoms with Crippen molar-refractivity contribution in [2.75, 3.05) is 81.6 Å². The molecule has 194 valence electrons. The first kappa shape index (κ1) is 25.2.